The van der Waals surface area contributed by atoms with Crippen LogP contribution in [0.1, 0.15) is 44.1 Å². The molecule has 1 saturated carbocycles. The molecule has 0 aromatic carbocycles. The van der Waals surface area contributed by atoms with Gasteiger partial charge in [-0.3, -0.25) is 0 Å². The van der Waals surface area contributed by atoms with Crippen LogP contribution in [0.5, 0.6) is 0 Å². The molecule has 1 aliphatic rings. The minimum absolute atomic E-state index is 0.357. The second kappa shape index (κ2) is 4.00. The Morgan fingerprint density at radius 2 is 2.20 bits per heavy atom. The molecule has 0 spiro atoms. The topological polar surface area (TPSA) is 49.8 Å². The molecule has 4 heteroatoms. The van der Waals surface area contributed by atoms with E-state index in [1.54, 1.807) is 20.8 Å². The van der Waals surface area contributed by atoms with Crippen LogP contribution in [0.3, 0.4) is 0 Å². The Morgan fingerprint density at radius 3 is 2.47 bits per heavy atom. The lowest BCUT2D eigenvalue weighted by Crippen LogP contribution is -2.57. The molecule has 1 N–H and O–H groups in total. The van der Waals surface area contributed by atoms with Gasteiger partial charge >= 0.3 is 6.09 Å². The number of carbonyl (C=O) groups excluding carboxylic acids is 1. The predicted octanol–water partition coefficient (Wildman–Crippen LogP) is 1.77. The Morgan fingerprint density at radius 1 is 1.60 bits per heavy atom. The van der Waals surface area contributed by atoms with E-state index in [9.17, 15) is 9.90 Å². The van der Waals surface area contributed by atoms with Gasteiger partial charge in [-0.1, -0.05) is 0 Å². The molecule has 4 nitrogen and oxygen atoms in total. The van der Waals surface area contributed by atoms with Gasteiger partial charge in [0.2, 0.25) is 0 Å². The Balaban J connectivity index is 2.96. The third kappa shape index (κ3) is 2.62. The van der Waals surface area contributed by atoms with Crippen LogP contribution >= 0.6 is 0 Å². The largest absolute Gasteiger partial charge is 0.444 e. The summed E-state index contributed by atoms with van der Waals surface area (Å²) in [6.07, 6.45) is 0.884. The number of carbonyl (C=O) groups is 1. The molecule has 1 amide bonds. The Bertz CT molecular complexity index is 313. The van der Waals surface area contributed by atoms with Crippen LogP contribution in [-0.4, -0.2) is 40.8 Å². The molecule has 0 heterocycles. The number of likely N-dealkylation sites (N-methyl/N-ethyl adjacent to an activating group) is 1. The van der Waals surface area contributed by atoms with Crippen molar-refractivity contribution in [3.05, 3.63) is 0 Å². The second-order valence-corrected chi connectivity index (χ2v) is 5.05. The van der Waals surface area contributed by atoms with Crippen molar-refractivity contribution in [3.63, 3.8) is 0 Å². The van der Waals surface area contributed by atoms with Gasteiger partial charge < -0.3 is 14.7 Å². The molecule has 88 valence electrons. The van der Waals surface area contributed by atoms with Crippen LogP contribution < -0.4 is 0 Å². The summed E-state index contributed by atoms with van der Waals surface area (Å²) in [6, 6.07) is 0. The molecule has 1 rings (SSSR count). The first-order chi connectivity index (χ1) is 8.02. The van der Waals surface area contributed by atoms with Crippen molar-refractivity contribution >= 4 is 6.09 Å². The SMILES string of the molecule is [2H]C([2H])([2H])N(C(=O)OC(C)(C)C)C1(CO)CCC1. The van der Waals surface area contributed by atoms with Gasteiger partial charge in [0, 0.05) is 11.1 Å². The summed E-state index contributed by atoms with van der Waals surface area (Å²) in [6.45, 7) is 2.06. The summed E-state index contributed by atoms with van der Waals surface area (Å²) < 4.78 is 27.5. The maximum absolute atomic E-state index is 12.0. The fourth-order valence-corrected chi connectivity index (χ4v) is 1.54. The predicted molar refractivity (Wildman–Crippen MR) is 57.7 cm³/mol. The number of hydrogen-bond donors (Lipinski definition) is 1. The smallest absolute Gasteiger partial charge is 0.410 e. The van der Waals surface area contributed by atoms with Crippen LogP contribution in [0.4, 0.5) is 4.79 Å². The number of amides is 1. The summed E-state index contributed by atoms with van der Waals surface area (Å²) in [5.74, 6) is 0. The van der Waals surface area contributed by atoms with Gasteiger partial charge in [0.05, 0.1) is 12.1 Å². The quantitative estimate of drug-likeness (QED) is 0.768. The Kier molecular flexibility index (Phi) is 2.24. The Hall–Kier alpha value is -0.770. The third-order valence-electron chi connectivity index (χ3n) is 2.63. The number of hydrogen-bond acceptors (Lipinski definition) is 3. The van der Waals surface area contributed by atoms with Crippen LogP contribution in [-0.2, 0) is 4.74 Å². The minimum atomic E-state index is -2.61. The zero-order valence-corrected chi connectivity index (χ0v) is 9.54. The first-order valence-corrected chi connectivity index (χ1v) is 5.16. The maximum atomic E-state index is 12.0. The van der Waals surface area contributed by atoms with E-state index in [1.165, 1.54) is 0 Å². The van der Waals surface area contributed by atoms with Gasteiger partial charge in [0.15, 0.2) is 0 Å². The molecule has 0 aromatic rings. The zero-order chi connectivity index (χ0) is 14.2. The molecular formula is C11H21NO3. The summed E-state index contributed by atoms with van der Waals surface area (Å²) in [5, 5.41) is 9.42. The van der Waals surface area contributed by atoms with Gasteiger partial charge in [-0.05, 0) is 40.0 Å². The summed E-state index contributed by atoms with van der Waals surface area (Å²) in [7, 11) is 0. The van der Waals surface area contributed by atoms with Crippen molar-refractivity contribution in [2.24, 2.45) is 0 Å². The van der Waals surface area contributed by atoms with E-state index in [1.807, 2.05) is 0 Å². The lowest BCUT2D eigenvalue weighted by molar-refractivity contribution is -0.0376. The standard InChI is InChI=1S/C11H21NO3/c1-10(2,3)15-9(14)12(4)11(8-13)6-5-7-11/h13H,5-8H2,1-4H3/i4D3. The van der Waals surface area contributed by atoms with Gasteiger partial charge in [-0.15, -0.1) is 0 Å². The van der Waals surface area contributed by atoms with Gasteiger partial charge in [-0.2, -0.15) is 0 Å². The third-order valence-corrected chi connectivity index (χ3v) is 2.63. The highest BCUT2D eigenvalue weighted by Gasteiger charge is 2.43. The molecular weight excluding hydrogens is 194 g/mol. The number of aliphatic hydroxyl groups is 1. The van der Waals surface area contributed by atoms with Gasteiger partial charge in [0.25, 0.3) is 0 Å². The number of aliphatic hydroxyl groups excluding tert-OH is 1. The normalized spacial score (nSPS) is 23.1. The van der Waals surface area contributed by atoms with Crippen molar-refractivity contribution in [1.82, 2.24) is 4.90 Å². The molecule has 1 aliphatic carbocycles. The minimum Gasteiger partial charge on any atom is -0.444 e. The molecule has 0 aromatic heterocycles. The molecule has 0 aliphatic heterocycles. The van der Waals surface area contributed by atoms with Crippen molar-refractivity contribution in [3.8, 4) is 0 Å². The van der Waals surface area contributed by atoms with Crippen LogP contribution in [0, 0.1) is 0 Å². The first-order valence-electron chi connectivity index (χ1n) is 6.66. The second-order valence-electron chi connectivity index (χ2n) is 5.05. The average Bonchev–Trinajstić information content (AvgIpc) is 2.05. The fourth-order valence-electron chi connectivity index (χ4n) is 1.54. The highest BCUT2D eigenvalue weighted by Crippen LogP contribution is 2.37. The zero-order valence-electron chi connectivity index (χ0n) is 12.5. The highest BCUT2D eigenvalue weighted by atomic mass is 16.6. The van der Waals surface area contributed by atoms with Crippen LogP contribution in [0.25, 0.3) is 0 Å². The molecule has 0 radical (unpaired) electrons. The van der Waals surface area contributed by atoms with E-state index >= 15 is 0 Å². The van der Waals surface area contributed by atoms with Crippen molar-refractivity contribution in [1.29, 1.82) is 0 Å². The van der Waals surface area contributed by atoms with E-state index < -0.39 is 24.2 Å². The first kappa shape index (κ1) is 8.39. The summed E-state index contributed by atoms with van der Waals surface area (Å²) in [5.41, 5.74) is -1.76. The van der Waals surface area contributed by atoms with E-state index in [0.29, 0.717) is 12.8 Å². The molecule has 0 atom stereocenters. The van der Waals surface area contributed by atoms with E-state index in [4.69, 9.17) is 8.85 Å². The van der Waals surface area contributed by atoms with E-state index in [2.05, 4.69) is 0 Å². The van der Waals surface area contributed by atoms with Gasteiger partial charge in [-0.25, -0.2) is 4.79 Å². The van der Waals surface area contributed by atoms with E-state index in [-0.39, 0.29) is 6.61 Å². The van der Waals surface area contributed by atoms with Crippen LogP contribution in [0.2, 0.25) is 0 Å². The molecule has 0 bridgehead atoms. The lowest BCUT2D eigenvalue weighted by Gasteiger charge is -2.47. The van der Waals surface area contributed by atoms with Crippen molar-refractivity contribution in [2.75, 3.05) is 13.6 Å². The van der Waals surface area contributed by atoms with Crippen molar-refractivity contribution in [2.45, 2.75) is 51.2 Å². The molecule has 0 unspecified atom stereocenters. The van der Waals surface area contributed by atoms with Gasteiger partial charge in [0.1, 0.15) is 5.60 Å². The number of ether oxygens (including phenoxy) is 1. The highest BCUT2D eigenvalue weighted by molar-refractivity contribution is 5.69. The molecule has 0 saturated heterocycles. The summed E-state index contributed by atoms with van der Waals surface area (Å²) >= 11 is 0. The number of rotatable bonds is 2. The molecule has 1 fully saturated rings. The van der Waals surface area contributed by atoms with Crippen molar-refractivity contribution < 1.29 is 18.8 Å². The lowest BCUT2D eigenvalue weighted by atomic mass is 9.76. The van der Waals surface area contributed by atoms with Crippen LogP contribution in [0.15, 0.2) is 0 Å². The number of nitrogens with zero attached hydrogens (tertiary/aromatic N) is 1. The average molecular weight is 218 g/mol. The fraction of sp³-hybridized carbons (Fsp3) is 0.909. The summed E-state index contributed by atoms with van der Waals surface area (Å²) in [4.78, 5) is 12.8. The van der Waals surface area contributed by atoms with E-state index in [0.717, 1.165) is 11.3 Å². The maximum Gasteiger partial charge on any atom is 0.410 e. The monoisotopic (exact) mass is 218 g/mol. The molecule has 15 heavy (non-hydrogen) atoms. The Labute approximate surface area is 95.4 Å².